The third-order valence-electron chi connectivity index (χ3n) is 5.69. The van der Waals surface area contributed by atoms with Crippen LogP contribution in [0, 0.1) is 18.3 Å². The molecule has 3 aromatic rings. The van der Waals surface area contributed by atoms with Crippen molar-refractivity contribution >= 4 is 50.9 Å². The van der Waals surface area contributed by atoms with E-state index in [1.807, 2.05) is 0 Å². The Kier molecular flexibility index (Phi) is 9.30. The summed E-state index contributed by atoms with van der Waals surface area (Å²) in [5.41, 5.74) is 2.98. The monoisotopic (exact) mass is 632 g/mol. The molecule has 39 heavy (non-hydrogen) atoms. The fourth-order valence-corrected chi connectivity index (χ4v) is 4.62. The minimum absolute atomic E-state index is 0.122. The number of ether oxygens (including phenoxy) is 4. The Morgan fingerprint density at radius 2 is 1.90 bits per heavy atom. The van der Waals surface area contributed by atoms with E-state index in [1.165, 1.54) is 19.0 Å². The van der Waals surface area contributed by atoms with E-state index in [0.29, 0.717) is 37.1 Å². The lowest BCUT2D eigenvalue weighted by atomic mass is 10.1. The summed E-state index contributed by atoms with van der Waals surface area (Å²) in [4.78, 5) is 16.7. The molecule has 1 amide bonds. The van der Waals surface area contributed by atoms with Crippen LogP contribution in [0.1, 0.15) is 41.1 Å². The maximum Gasteiger partial charge on any atom is 0.247 e. The number of aryl methyl sites for hydroxylation is 1. The van der Waals surface area contributed by atoms with Gasteiger partial charge in [0, 0.05) is 45.2 Å². The predicted molar refractivity (Wildman–Crippen MR) is 149 cm³/mol. The summed E-state index contributed by atoms with van der Waals surface area (Å²) >= 11 is 15.6. The van der Waals surface area contributed by atoms with Crippen LogP contribution in [0.25, 0.3) is 0 Å². The van der Waals surface area contributed by atoms with Crippen molar-refractivity contribution in [2.45, 2.75) is 33.3 Å². The van der Waals surface area contributed by atoms with Crippen molar-refractivity contribution in [1.29, 1.82) is 5.26 Å². The molecule has 0 fully saturated rings. The molecule has 0 aliphatic carbocycles. The summed E-state index contributed by atoms with van der Waals surface area (Å²) in [7, 11) is 1.54. The summed E-state index contributed by atoms with van der Waals surface area (Å²) < 4.78 is 23.5. The van der Waals surface area contributed by atoms with Crippen molar-refractivity contribution in [2.24, 2.45) is 5.10 Å². The average Bonchev–Trinajstić information content (AvgIpc) is 3.35. The molecule has 1 atom stereocenters. The number of hydrazone groups is 1. The van der Waals surface area contributed by atoms with E-state index in [0.717, 1.165) is 5.56 Å². The molecule has 1 aromatic heterocycles. The van der Waals surface area contributed by atoms with Gasteiger partial charge in [-0.2, -0.15) is 10.3 Å². The van der Waals surface area contributed by atoms with Gasteiger partial charge in [-0.05, 0) is 59.3 Å². The highest BCUT2D eigenvalue weighted by molar-refractivity contribution is 9.10. The highest BCUT2D eigenvalue weighted by atomic mass is 79.9. The number of benzene rings is 2. The van der Waals surface area contributed by atoms with Crippen LogP contribution in [0.3, 0.4) is 0 Å². The molecule has 0 spiro atoms. The molecule has 202 valence electrons. The third kappa shape index (κ3) is 6.62. The van der Waals surface area contributed by atoms with Crippen LogP contribution >= 0.6 is 39.1 Å². The molecule has 1 aliphatic rings. The Hall–Kier alpha value is -3.36. The summed E-state index contributed by atoms with van der Waals surface area (Å²) in [5.74, 6) is 0.573. The molecule has 1 aliphatic heterocycles. The largest absolute Gasteiger partial charge is 0.489 e. The number of nitriles is 1. The second-order valence-electron chi connectivity index (χ2n) is 8.42. The topological polar surface area (TPSA) is 106 Å². The average molecular weight is 634 g/mol. The first kappa shape index (κ1) is 28.6. The number of halogens is 3. The molecule has 2 aromatic carbocycles. The summed E-state index contributed by atoms with van der Waals surface area (Å²) in [6.07, 6.45) is -0.792. The van der Waals surface area contributed by atoms with Gasteiger partial charge in [-0.1, -0.05) is 29.3 Å². The lowest BCUT2D eigenvalue weighted by Crippen LogP contribution is -2.25. The zero-order valence-electron chi connectivity index (χ0n) is 21.2. The molecule has 9 nitrogen and oxygen atoms in total. The molecule has 0 saturated carbocycles. The molecule has 4 rings (SSSR count). The van der Waals surface area contributed by atoms with Crippen LogP contribution in [0.15, 0.2) is 52.0 Å². The number of hydrogen-bond acceptors (Lipinski definition) is 8. The Labute approximate surface area is 244 Å². The molecule has 1 unspecified atom stereocenters. The number of aromatic nitrogens is 1. The van der Waals surface area contributed by atoms with Crippen LogP contribution in [-0.4, -0.2) is 35.5 Å². The molecule has 0 bridgehead atoms. The fraction of sp³-hybridized carbons (Fsp3) is 0.259. The van der Waals surface area contributed by atoms with Crippen LogP contribution in [-0.2, 0) is 27.5 Å². The number of pyridine rings is 1. The first-order valence-electron chi connectivity index (χ1n) is 11.6. The van der Waals surface area contributed by atoms with Gasteiger partial charge >= 0.3 is 0 Å². The second-order valence-corrected chi connectivity index (χ2v) is 10.1. The minimum atomic E-state index is -0.792. The Bertz CT molecular complexity index is 1460. The van der Waals surface area contributed by atoms with Crippen LogP contribution in [0.5, 0.6) is 11.6 Å². The molecular formula is C27H23BrCl2N4O5. The molecule has 0 N–H and O–H groups in total. The van der Waals surface area contributed by atoms with Crippen LogP contribution in [0.4, 0.5) is 0 Å². The maximum atomic E-state index is 12.3. The highest BCUT2D eigenvalue weighted by Crippen LogP contribution is 2.32. The normalized spacial score (nSPS) is 14.4. The zero-order valence-corrected chi connectivity index (χ0v) is 24.3. The van der Waals surface area contributed by atoms with Crippen molar-refractivity contribution in [3.63, 3.8) is 0 Å². The molecular weight excluding hydrogens is 611 g/mol. The van der Waals surface area contributed by atoms with Gasteiger partial charge in [0.2, 0.25) is 23.9 Å². The quantitative estimate of drug-likeness (QED) is 0.271. The number of methoxy groups -OCH3 is 1. The van der Waals surface area contributed by atoms with E-state index >= 15 is 0 Å². The molecule has 0 radical (unpaired) electrons. The van der Waals surface area contributed by atoms with E-state index < -0.39 is 6.23 Å². The highest BCUT2D eigenvalue weighted by Gasteiger charge is 2.33. The summed E-state index contributed by atoms with van der Waals surface area (Å²) in [6, 6.07) is 14.4. The second kappa shape index (κ2) is 12.7. The van der Waals surface area contributed by atoms with E-state index in [9.17, 15) is 10.1 Å². The smallest absolute Gasteiger partial charge is 0.247 e. The van der Waals surface area contributed by atoms with Crippen molar-refractivity contribution in [1.82, 2.24) is 9.99 Å². The van der Waals surface area contributed by atoms with Gasteiger partial charge in [-0.15, -0.1) is 5.10 Å². The van der Waals surface area contributed by atoms with Crippen molar-refractivity contribution in [3.05, 3.63) is 84.9 Å². The van der Waals surface area contributed by atoms with Crippen molar-refractivity contribution in [2.75, 3.05) is 13.7 Å². The fourth-order valence-electron chi connectivity index (χ4n) is 3.76. The number of carbonyl (C=O) groups excluding carboxylic acids is 1. The number of hydrogen-bond donors (Lipinski definition) is 0. The van der Waals surface area contributed by atoms with Gasteiger partial charge in [0.15, 0.2) is 6.61 Å². The summed E-state index contributed by atoms with van der Waals surface area (Å²) in [5, 5.41) is 16.3. The van der Waals surface area contributed by atoms with Gasteiger partial charge in [-0.3, -0.25) is 4.79 Å². The van der Waals surface area contributed by atoms with Gasteiger partial charge in [-0.25, -0.2) is 4.98 Å². The van der Waals surface area contributed by atoms with Crippen LogP contribution < -0.4 is 9.47 Å². The van der Waals surface area contributed by atoms with Crippen molar-refractivity contribution in [3.8, 4) is 17.7 Å². The maximum absolute atomic E-state index is 12.3. The third-order valence-corrected chi connectivity index (χ3v) is 7.33. The zero-order chi connectivity index (χ0) is 28.1. The Morgan fingerprint density at radius 1 is 1.15 bits per heavy atom. The number of carbonyl (C=O) groups is 1. The molecule has 12 heteroatoms. The molecule has 2 heterocycles. The SMILES string of the molecule is COCc1c(Br)c(C)nc(OCC2=NN(C(C)=O)C(c3ccc(OCc4ccc(Cl)cc4Cl)cc3)O2)c1C#N. The predicted octanol–water partition coefficient (Wildman–Crippen LogP) is 6.33. The van der Waals surface area contributed by atoms with E-state index in [4.69, 9.17) is 42.1 Å². The van der Waals surface area contributed by atoms with Gasteiger partial charge in [0.05, 0.1) is 12.3 Å². The van der Waals surface area contributed by atoms with E-state index in [2.05, 4.69) is 32.1 Å². The van der Waals surface area contributed by atoms with Gasteiger partial charge < -0.3 is 18.9 Å². The minimum Gasteiger partial charge on any atom is -0.489 e. The summed E-state index contributed by atoms with van der Waals surface area (Å²) in [6.45, 7) is 3.50. The first-order valence-corrected chi connectivity index (χ1v) is 13.2. The number of nitrogens with zero attached hydrogens (tertiary/aromatic N) is 4. The lowest BCUT2D eigenvalue weighted by molar-refractivity contribution is -0.135. The van der Waals surface area contributed by atoms with Crippen LogP contribution in [0.2, 0.25) is 10.0 Å². The molecule has 0 saturated heterocycles. The number of amides is 1. The van der Waals surface area contributed by atoms with Gasteiger partial charge in [0.1, 0.15) is 24.0 Å². The van der Waals surface area contributed by atoms with E-state index in [-0.39, 0.29) is 43.1 Å². The Balaban J connectivity index is 1.45. The lowest BCUT2D eigenvalue weighted by Gasteiger charge is -2.19. The Morgan fingerprint density at radius 3 is 2.54 bits per heavy atom. The van der Waals surface area contributed by atoms with E-state index in [1.54, 1.807) is 49.4 Å². The first-order chi connectivity index (χ1) is 18.7. The van der Waals surface area contributed by atoms with Crippen molar-refractivity contribution < 1.29 is 23.7 Å². The standard InChI is InChI=1S/C27H23BrCl2N4O5/c1-15-25(28)22(13-36-3)21(11-31)26(32-15)38-14-24-33-34(16(2)35)27(39-24)17-5-8-20(9-6-17)37-12-18-4-7-19(29)10-23(18)30/h4-10,27H,12-14H2,1-3H3. The van der Waals surface area contributed by atoms with Gasteiger partial charge in [0.25, 0.3) is 0 Å². The number of rotatable bonds is 9.